The molecule has 4 nitrogen and oxygen atoms in total. The van der Waals surface area contributed by atoms with Gasteiger partial charge in [-0.25, -0.2) is 4.79 Å². The Morgan fingerprint density at radius 2 is 1.95 bits per heavy atom. The molecule has 0 aliphatic carbocycles. The van der Waals surface area contributed by atoms with E-state index in [2.05, 4.69) is 31.4 Å². The highest BCUT2D eigenvalue weighted by Crippen LogP contribution is 2.26. The van der Waals surface area contributed by atoms with E-state index in [1.165, 1.54) is 0 Å². The van der Waals surface area contributed by atoms with Gasteiger partial charge >= 0.3 is 6.03 Å². The summed E-state index contributed by atoms with van der Waals surface area (Å²) >= 11 is 0. The zero-order chi connectivity index (χ0) is 15.0. The lowest BCUT2D eigenvalue weighted by atomic mass is 10.0. The highest BCUT2D eigenvalue weighted by molar-refractivity contribution is 5.73. The molecule has 1 atom stereocenters. The van der Waals surface area contributed by atoms with Crippen molar-refractivity contribution in [1.82, 2.24) is 10.6 Å². The van der Waals surface area contributed by atoms with Crippen LogP contribution in [0.15, 0.2) is 24.3 Å². The minimum absolute atomic E-state index is 0.187. The molecule has 4 heteroatoms. The number of urea groups is 1. The molecule has 1 rings (SSSR count). The molecule has 112 valence electrons. The van der Waals surface area contributed by atoms with Crippen LogP contribution >= 0.6 is 0 Å². The Hall–Kier alpha value is -1.71. The molecule has 0 saturated heterocycles. The molecular weight excluding hydrogens is 252 g/mol. The van der Waals surface area contributed by atoms with Crippen LogP contribution in [-0.2, 0) is 0 Å². The number of hydrogen-bond acceptors (Lipinski definition) is 2. The van der Waals surface area contributed by atoms with Gasteiger partial charge in [0.05, 0.1) is 0 Å². The quantitative estimate of drug-likeness (QED) is 0.591. The van der Waals surface area contributed by atoms with E-state index in [-0.39, 0.29) is 12.3 Å². The van der Waals surface area contributed by atoms with E-state index in [1.807, 2.05) is 31.2 Å². The van der Waals surface area contributed by atoms with Crippen molar-refractivity contribution >= 4 is 6.03 Å². The lowest BCUT2D eigenvalue weighted by Gasteiger charge is -2.20. The third kappa shape index (κ3) is 5.51. The maximum atomic E-state index is 11.6. The topological polar surface area (TPSA) is 50.4 Å². The molecule has 2 amide bonds. The van der Waals surface area contributed by atoms with Crippen molar-refractivity contribution in [3.05, 3.63) is 29.8 Å². The highest BCUT2D eigenvalue weighted by atomic mass is 16.5. The number of rotatable bonds is 7. The van der Waals surface area contributed by atoms with Crippen LogP contribution in [0.3, 0.4) is 0 Å². The summed E-state index contributed by atoms with van der Waals surface area (Å²) in [4.78, 5) is 11.6. The predicted molar refractivity (Wildman–Crippen MR) is 82.1 cm³/mol. The number of para-hydroxylation sites is 1. The molecule has 20 heavy (non-hydrogen) atoms. The van der Waals surface area contributed by atoms with Crippen LogP contribution in [0.2, 0.25) is 0 Å². The smallest absolute Gasteiger partial charge is 0.317 e. The third-order valence-electron chi connectivity index (χ3n) is 3.00. The van der Waals surface area contributed by atoms with E-state index in [9.17, 15) is 4.79 Å². The van der Waals surface area contributed by atoms with Gasteiger partial charge in [0.2, 0.25) is 0 Å². The standard InChI is InChI=1S/C16H26N2O2/c1-5-6-11-17-16(19)18-13(4)20-15-10-8-7-9-14(15)12(2)3/h7-10,12-13H,5-6,11H2,1-4H3,(H2,17,18,19). The van der Waals surface area contributed by atoms with Crippen LogP contribution in [0.1, 0.15) is 52.0 Å². The molecule has 0 heterocycles. The Bertz CT molecular complexity index is 419. The summed E-state index contributed by atoms with van der Waals surface area (Å²) in [5.41, 5.74) is 1.15. The minimum atomic E-state index is -0.364. The number of unbranched alkanes of at least 4 members (excludes halogenated alkanes) is 1. The van der Waals surface area contributed by atoms with Crippen molar-refractivity contribution in [3.63, 3.8) is 0 Å². The normalized spacial score (nSPS) is 12.1. The Balaban J connectivity index is 2.50. The van der Waals surface area contributed by atoms with Crippen LogP contribution in [0, 0.1) is 0 Å². The van der Waals surface area contributed by atoms with Gasteiger partial charge in [-0.15, -0.1) is 0 Å². The summed E-state index contributed by atoms with van der Waals surface area (Å²) < 4.78 is 5.81. The molecule has 2 N–H and O–H groups in total. The van der Waals surface area contributed by atoms with Gasteiger partial charge in [-0.3, -0.25) is 0 Å². The molecule has 0 aliphatic heterocycles. The second-order valence-electron chi connectivity index (χ2n) is 5.21. The fourth-order valence-corrected chi connectivity index (χ4v) is 1.90. The van der Waals surface area contributed by atoms with Crippen LogP contribution in [-0.4, -0.2) is 18.8 Å². The van der Waals surface area contributed by atoms with Crippen LogP contribution in [0.4, 0.5) is 4.79 Å². The molecule has 0 spiro atoms. The minimum Gasteiger partial charge on any atom is -0.471 e. The van der Waals surface area contributed by atoms with E-state index in [4.69, 9.17) is 4.74 Å². The number of amides is 2. The Labute approximate surface area is 121 Å². The number of benzene rings is 1. The molecule has 0 saturated carbocycles. The van der Waals surface area contributed by atoms with Crippen molar-refractivity contribution in [2.24, 2.45) is 0 Å². The molecule has 0 bridgehead atoms. The molecule has 0 radical (unpaired) electrons. The molecule has 1 aromatic carbocycles. The van der Waals surface area contributed by atoms with Crippen LogP contribution in [0.5, 0.6) is 5.75 Å². The summed E-state index contributed by atoms with van der Waals surface area (Å²) in [7, 11) is 0. The number of carbonyl (C=O) groups excluding carboxylic acids is 1. The first-order chi connectivity index (χ1) is 9.54. The van der Waals surface area contributed by atoms with E-state index in [0.717, 1.165) is 24.2 Å². The van der Waals surface area contributed by atoms with E-state index < -0.39 is 0 Å². The third-order valence-corrected chi connectivity index (χ3v) is 3.00. The maximum Gasteiger partial charge on any atom is 0.317 e. The number of ether oxygens (including phenoxy) is 1. The summed E-state index contributed by atoms with van der Waals surface area (Å²) in [6.07, 6.45) is 1.68. The molecule has 1 unspecified atom stereocenters. The summed E-state index contributed by atoms with van der Waals surface area (Å²) in [5.74, 6) is 1.21. The Morgan fingerprint density at radius 3 is 2.60 bits per heavy atom. The second-order valence-corrected chi connectivity index (χ2v) is 5.21. The first-order valence-electron chi connectivity index (χ1n) is 7.34. The number of carbonyl (C=O) groups is 1. The van der Waals surface area contributed by atoms with E-state index >= 15 is 0 Å². The first-order valence-corrected chi connectivity index (χ1v) is 7.34. The van der Waals surface area contributed by atoms with Gasteiger partial charge in [0.1, 0.15) is 5.75 Å². The van der Waals surface area contributed by atoms with Crippen LogP contribution < -0.4 is 15.4 Å². The largest absolute Gasteiger partial charge is 0.471 e. The maximum absolute atomic E-state index is 11.6. The predicted octanol–water partition coefficient (Wildman–Crippen LogP) is 3.63. The van der Waals surface area contributed by atoms with Gasteiger partial charge < -0.3 is 15.4 Å². The summed E-state index contributed by atoms with van der Waals surface area (Å²) in [6, 6.07) is 7.73. The zero-order valence-corrected chi connectivity index (χ0v) is 12.9. The van der Waals surface area contributed by atoms with Crippen molar-refractivity contribution in [1.29, 1.82) is 0 Å². The Morgan fingerprint density at radius 1 is 1.25 bits per heavy atom. The van der Waals surface area contributed by atoms with Crippen molar-refractivity contribution < 1.29 is 9.53 Å². The molecule has 0 aromatic heterocycles. The van der Waals surface area contributed by atoms with Gasteiger partial charge in [-0.2, -0.15) is 0 Å². The monoisotopic (exact) mass is 278 g/mol. The average molecular weight is 278 g/mol. The fourth-order valence-electron chi connectivity index (χ4n) is 1.90. The summed E-state index contributed by atoms with van der Waals surface area (Å²) in [6.45, 7) is 8.86. The zero-order valence-electron chi connectivity index (χ0n) is 12.9. The van der Waals surface area contributed by atoms with Gasteiger partial charge in [-0.05, 0) is 30.9 Å². The summed E-state index contributed by atoms with van der Waals surface area (Å²) in [5, 5.41) is 5.59. The van der Waals surface area contributed by atoms with Crippen molar-refractivity contribution in [3.8, 4) is 5.75 Å². The van der Waals surface area contributed by atoms with Crippen molar-refractivity contribution in [2.45, 2.75) is 52.7 Å². The van der Waals surface area contributed by atoms with Gasteiger partial charge in [0.25, 0.3) is 0 Å². The van der Waals surface area contributed by atoms with Crippen LogP contribution in [0.25, 0.3) is 0 Å². The van der Waals surface area contributed by atoms with E-state index in [1.54, 1.807) is 0 Å². The van der Waals surface area contributed by atoms with Crippen molar-refractivity contribution in [2.75, 3.05) is 6.54 Å². The second kappa shape index (κ2) is 8.46. The Kier molecular flexibility index (Phi) is 6.91. The van der Waals surface area contributed by atoms with E-state index in [0.29, 0.717) is 12.5 Å². The highest BCUT2D eigenvalue weighted by Gasteiger charge is 2.12. The molecular formula is C16H26N2O2. The fraction of sp³-hybridized carbons (Fsp3) is 0.562. The average Bonchev–Trinajstić information content (AvgIpc) is 2.39. The first kappa shape index (κ1) is 16.3. The molecule has 1 aromatic rings. The SMILES string of the molecule is CCCCNC(=O)NC(C)Oc1ccccc1C(C)C. The number of hydrogen-bond donors (Lipinski definition) is 2. The van der Waals surface area contributed by atoms with Gasteiger partial charge in [0.15, 0.2) is 6.23 Å². The molecule has 0 fully saturated rings. The van der Waals surface area contributed by atoms with Gasteiger partial charge in [0, 0.05) is 6.54 Å². The molecule has 0 aliphatic rings. The lowest BCUT2D eigenvalue weighted by Crippen LogP contribution is -2.43. The number of nitrogens with one attached hydrogen (secondary N) is 2. The van der Waals surface area contributed by atoms with Gasteiger partial charge in [-0.1, -0.05) is 45.4 Å². The lowest BCUT2D eigenvalue weighted by molar-refractivity contribution is 0.175.